The first-order valence-electron chi connectivity index (χ1n) is 11.3. The minimum Gasteiger partial charge on any atom is -0.454 e. The molecule has 0 aliphatic heterocycles. The monoisotopic (exact) mass is 440 g/mol. The SMILES string of the molecule is Cc1ccc(-c2c(C)ccc3c2oc2c(-c4cccc5cccnc45)c(C#N)ccc23)[n+](C)c1. The maximum atomic E-state index is 10.0. The number of para-hydroxylation sites is 1. The molecule has 4 heteroatoms. The van der Waals surface area contributed by atoms with Crippen LogP contribution in [0.5, 0.6) is 0 Å². The number of furan rings is 1. The van der Waals surface area contributed by atoms with Crippen LogP contribution in [-0.4, -0.2) is 4.98 Å². The van der Waals surface area contributed by atoms with Crippen LogP contribution in [0, 0.1) is 25.2 Å². The van der Waals surface area contributed by atoms with Gasteiger partial charge in [-0.1, -0.05) is 36.4 Å². The predicted octanol–water partition coefficient (Wildman–Crippen LogP) is 6.78. The summed E-state index contributed by atoms with van der Waals surface area (Å²) in [6.07, 6.45) is 3.91. The Morgan fingerprint density at radius 3 is 2.41 bits per heavy atom. The molecule has 0 fully saturated rings. The smallest absolute Gasteiger partial charge is 0.216 e. The molecular formula is C30H22N3O+. The molecule has 0 atom stereocenters. The molecule has 34 heavy (non-hydrogen) atoms. The molecule has 3 aromatic carbocycles. The summed E-state index contributed by atoms with van der Waals surface area (Å²) in [6.45, 7) is 4.20. The fourth-order valence-electron chi connectivity index (χ4n) is 4.99. The number of fused-ring (bicyclic) bond motifs is 4. The molecule has 0 amide bonds. The van der Waals surface area contributed by atoms with Gasteiger partial charge >= 0.3 is 0 Å². The minimum absolute atomic E-state index is 0.573. The molecule has 0 saturated carbocycles. The third kappa shape index (κ3) is 2.91. The van der Waals surface area contributed by atoms with Crippen molar-refractivity contribution in [3.63, 3.8) is 0 Å². The maximum absolute atomic E-state index is 10.0. The molecular weight excluding hydrogens is 418 g/mol. The van der Waals surface area contributed by atoms with Crippen molar-refractivity contribution in [3.8, 4) is 28.5 Å². The summed E-state index contributed by atoms with van der Waals surface area (Å²) in [6, 6.07) is 24.8. The lowest BCUT2D eigenvalue weighted by atomic mass is 9.94. The molecule has 0 bridgehead atoms. The highest BCUT2D eigenvalue weighted by molar-refractivity contribution is 6.15. The van der Waals surface area contributed by atoms with Crippen LogP contribution in [0.1, 0.15) is 16.7 Å². The molecule has 4 nitrogen and oxygen atoms in total. The summed E-state index contributed by atoms with van der Waals surface area (Å²) in [5, 5.41) is 13.1. The summed E-state index contributed by atoms with van der Waals surface area (Å²) in [7, 11) is 2.06. The van der Waals surface area contributed by atoms with E-state index in [0.29, 0.717) is 11.1 Å². The summed E-state index contributed by atoms with van der Waals surface area (Å²) in [5.41, 5.74) is 9.16. The van der Waals surface area contributed by atoms with Crippen molar-refractivity contribution in [2.24, 2.45) is 7.05 Å². The highest BCUT2D eigenvalue weighted by Crippen LogP contribution is 2.43. The zero-order valence-corrected chi connectivity index (χ0v) is 19.3. The Labute approximate surface area is 197 Å². The second kappa shape index (κ2) is 7.54. The molecule has 3 heterocycles. The molecule has 0 aliphatic rings. The van der Waals surface area contributed by atoms with Gasteiger partial charge in [0.25, 0.3) is 0 Å². The third-order valence-electron chi connectivity index (χ3n) is 6.58. The van der Waals surface area contributed by atoms with Gasteiger partial charge in [-0.05, 0) is 43.7 Å². The molecule has 0 aliphatic carbocycles. The van der Waals surface area contributed by atoms with E-state index < -0.39 is 0 Å². The summed E-state index contributed by atoms with van der Waals surface area (Å²) in [4.78, 5) is 4.64. The first-order chi connectivity index (χ1) is 16.6. The molecule has 0 N–H and O–H groups in total. The third-order valence-corrected chi connectivity index (χ3v) is 6.58. The fourth-order valence-corrected chi connectivity index (χ4v) is 4.99. The number of nitriles is 1. The molecule has 0 spiro atoms. The normalized spacial score (nSPS) is 11.4. The van der Waals surface area contributed by atoms with Gasteiger partial charge in [0.15, 0.2) is 6.20 Å². The number of aromatic nitrogens is 2. The predicted molar refractivity (Wildman–Crippen MR) is 135 cm³/mol. The van der Waals surface area contributed by atoms with E-state index in [-0.39, 0.29) is 0 Å². The summed E-state index contributed by atoms with van der Waals surface area (Å²) < 4.78 is 8.83. The molecule has 0 saturated heterocycles. The minimum atomic E-state index is 0.573. The highest BCUT2D eigenvalue weighted by atomic mass is 16.3. The van der Waals surface area contributed by atoms with Crippen LogP contribution in [0.25, 0.3) is 55.2 Å². The van der Waals surface area contributed by atoms with Crippen molar-refractivity contribution in [2.45, 2.75) is 13.8 Å². The Morgan fingerprint density at radius 1 is 0.853 bits per heavy atom. The number of benzene rings is 3. The van der Waals surface area contributed by atoms with Crippen LogP contribution in [0.4, 0.5) is 0 Å². The van der Waals surface area contributed by atoms with E-state index in [9.17, 15) is 5.26 Å². The number of hydrogen-bond donors (Lipinski definition) is 0. The quantitative estimate of drug-likeness (QED) is 0.279. The largest absolute Gasteiger partial charge is 0.454 e. The van der Waals surface area contributed by atoms with E-state index in [1.54, 1.807) is 6.20 Å². The van der Waals surface area contributed by atoms with Crippen LogP contribution >= 0.6 is 0 Å². The Balaban J connectivity index is 1.76. The first-order valence-corrected chi connectivity index (χ1v) is 11.3. The van der Waals surface area contributed by atoms with Gasteiger partial charge in [0, 0.05) is 45.1 Å². The van der Waals surface area contributed by atoms with E-state index in [4.69, 9.17) is 4.42 Å². The van der Waals surface area contributed by atoms with Gasteiger partial charge in [-0.15, -0.1) is 0 Å². The van der Waals surface area contributed by atoms with E-state index >= 15 is 0 Å². The van der Waals surface area contributed by atoms with E-state index in [2.05, 4.69) is 67.0 Å². The lowest BCUT2D eigenvalue weighted by Gasteiger charge is -2.08. The maximum Gasteiger partial charge on any atom is 0.216 e. The molecule has 6 aromatic rings. The number of hydrogen-bond acceptors (Lipinski definition) is 3. The van der Waals surface area contributed by atoms with Crippen LogP contribution in [-0.2, 0) is 7.05 Å². The van der Waals surface area contributed by atoms with Gasteiger partial charge in [-0.3, -0.25) is 4.98 Å². The van der Waals surface area contributed by atoms with Crippen LogP contribution in [0.3, 0.4) is 0 Å². The summed E-state index contributed by atoms with van der Waals surface area (Å²) in [5.74, 6) is 0. The van der Waals surface area contributed by atoms with Crippen LogP contribution in [0.15, 0.2) is 83.5 Å². The van der Waals surface area contributed by atoms with Crippen molar-refractivity contribution < 1.29 is 8.98 Å². The molecule has 6 rings (SSSR count). The van der Waals surface area contributed by atoms with Gasteiger partial charge in [-0.2, -0.15) is 5.26 Å². The molecule has 3 aromatic heterocycles. The van der Waals surface area contributed by atoms with Crippen molar-refractivity contribution >= 4 is 32.8 Å². The zero-order chi connectivity index (χ0) is 23.4. The number of pyridine rings is 2. The van der Waals surface area contributed by atoms with Gasteiger partial charge in [0.05, 0.1) is 22.7 Å². The lowest BCUT2D eigenvalue weighted by Crippen LogP contribution is -2.31. The topological polar surface area (TPSA) is 53.7 Å². The standard InChI is InChI=1S/C30H22N3O/c1-18-9-14-25(33(3)17-18)26-19(2)10-12-22-23-13-11-21(16-31)27(30(23)34-29(22)26)24-8-4-6-20-7-5-15-32-28(20)24/h4-15,17H,1-3H3/q+1. The van der Waals surface area contributed by atoms with Crippen molar-refractivity contribution in [2.75, 3.05) is 0 Å². The Morgan fingerprint density at radius 2 is 1.62 bits per heavy atom. The zero-order valence-electron chi connectivity index (χ0n) is 19.3. The second-order valence-corrected chi connectivity index (χ2v) is 8.80. The van der Waals surface area contributed by atoms with Crippen molar-refractivity contribution in [3.05, 3.63) is 95.8 Å². The Bertz CT molecular complexity index is 1800. The van der Waals surface area contributed by atoms with E-state index in [1.807, 2.05) is 42.5 Å². The van der Waals surface area contributed by atoms with Crippen molar-refractivity contribution in [1.82, 2.24) is 4.98 Å². The first kappa shape index (κ1) is 20.1. The fraction of sp³-hybridized carbons (Fsp3) is 0.100. The molecule has 162 valence electrons. The Kier molecular flexibility index (Phi) is 4.46. The van der Waals surface area contributed by atoms with Crippen LogP contribution in [0.2, 0.25) is 0 Å². The number of nitrogens with zero attached hydrogens (tertiary/aromatic N) is 3. The second-order valence-electron chi connectivity index (χ2n) is 8.80. The number of rotatable bonds is 2. The van der Waals surface area contributed by atoms with Gasteiger partial charge < -0.3 is 4.42 Å². The van der Waals surface area contributed by atoms with Crippen molar-refractivity contribution in [1.29, 1.82) is 5.26 Å². The van der Waals surface area contributed by atoms with Gasteiger partial charge in [0.2, 0.25) is 5.69 Å². The Hall–Kier alpha value is -4.49. The summed E-state index contributed by atoms with van der Waals surface area (Å²) >= 11 is 0. The average molecular weight is 441 g/mol. The van der Waals surface area contributed by atoms with Gasteiger partial charge in [-0.25, -0.2) is 4.57 Å². The molecule has 0 radical (unpaired) electrons. The highest BCUT2D eigenvalue weighted by Gasteiger charge is 2.23. The van der Waals surface area contributed by atoms with Crippen LogP contribution < -0.4 is 4.57 Å². The lowest BCUT2D eigenvalue weighted by molar-refractivity contribution is -0.660. The van der Waals surface area contributed by atoms with Gasteiger partial charge in [0.1, 0.15) is 18.2 Å². The van der Waals surface area contributed by atoms with E-state index in [1.165, 1.54) is 5.56 Å². The molecule has 0 unspecified atom stereocenters. The number of aryl methyl sites for hydroxylation is 3. The average Bonchev–Trinajstić information content (AvgIpc) is 3.22. The van der Waals surface area contributed by atoms with E-state index in [0.717, 1.165) is 55.2 Å².